The van der Waals surface area contributed by atoms with Crippen molar-refractivity contribution in [2.75, 3.05) is 6.61 Å². The number of hydrogen-bond acceptors (Lipinski definition) is 6. The van der Waals surface area contributed by atoms with Crippen molar-refractivity contribution in [2.24, 2.45) is 34.5 Å². The summed E-state index contributed by atoms with van der Waals surface area (Å²) in [4.78, 5) is 24.4. The standard InChI is InChI=1S/C29H50O6Si/c1-18(30)34-17-24(32)29(33)14-12-22-21-10-9-19-15-20(35-36(7,8)26(2,3)4)11-13-27(19,5)25(21)23(31)16-28(22,29)6/h19-23,25,31,33H,9-17H2,1-8H3/t19-,20+,21-,22-,23+,25+,27-,28-,29-/m0/s1. The minimum absolute atomic E-state index is 0.0550. The fraction of sp³-hybridized carbons (Fsp3) is 0.931. The molecule has 206 valence electrons. The molecule has 0 spiro atoms. The van der Waals surface area contributed by atoms with Gasteiger partial charge in [0.1, 0.15) is 5.60 Å². The Morgan fingerprint density at radius 3 is 2.33 bits per heavy atom. The first-order valence-corrected chi connectivity index (χ1v) is 17.1. The zero-order valence-electron chi connectivity index (χ0n) is 23.9. The quantitative estimate of drug-likeness (QED) is 0.378. The normalized spacial score (nSPS) is 44.8. The van der Waals surface area contributed by atoms with E-state index in [4.69, 9.17) is 9.16 Å². The van der Waals surface area contributed by atoms with Gasteiger partial charge in [-0.25, -0.2) is 0 Å². The molecule has 0 heterocycles. The monoisotopic (exact) mass is 522 g/mol. The second-order valence-electron chi connectivity index (χ2n) is 14.6. The van der Waals surface area contributed by atoms with Gasteiger partial charge in [-0.3, -0.25) is 9.59 Å². The molecule has 4 saturated carbocycles. The average Bonchev–Trinajstić information content (AvgIpc) is 3.02. The summed E-state index contributed by atoms with van der Waals surface area (Å²) in [6.07, 6.45) is 6.68. The maximum absolute atomic E-state index is 13.1. The van der Waals surface area contributed by atoms with Gasteiger partial charge in [-0.1, -0.05) is 34.6 Å². The van der Waals surface area contributed by atoms with Crippen molar-refractivity contribution in [1.29, 1.82) is 0 Å². The van der Waals surface area contributed by atoms with Crippen LogP contribution in [0.4, 0.5) is 0 Å². The Kier molecular flexibility index (Phi) is 7.19. The Labute approximate surface area is 219 Å². The number of Topliss-reactive ketones (excluding diaryl/α,β-unsaturated/α-hetero) is 1. The summed E-state index contributed by atoms with van der Waals surface area (Å²) in [6, 6.07) is 0. The van der Waals surface area contributed by atoms with Gasteiger partial charge in [-0.05, 0) is 98.6 Å². The summed E-state index contributed by atoms with van der Waals surface area (Å²) >= 11 is 0. The molecule has 0 bridgehead atoms. The minimum atomic E-state index is -1.83. The zero-order chi connectivity index (χ0) is 26.9. The summed E-state index contributed by atoms with van der Waals surface area (Å²) < 4.78 is 11.8. The summed E-state index contributed by atoms with van der Waals surface area (Å²) in [5.74, 6) is 0.275. The number of aliphatic hydroxyl groups excluding tert-OH is 1. The fourth-order valence-corrected chi connectivity index (χ4v) is 10.2. The number of carbonyl (C=O) groups excluding carboxylic acids is 2. The largest absolute Gasteiger partial charge is 0.458 e. The number of aliphatic hydroxyl groups is 2. The van der Waals surface area contributed by atoms with Crippen LogP contribution in [0.1, 0.15) is 92.9 Å². The van der Waals surface area contributed by atoms with E-state index in [0.29, 0.717) is 30.8 Å². The Hall–Kier alpha value is -0.763. The van der Waals surface area contributed by atoms with Crippen molar-refractivity contribution >= 4 is 20.1 Å². The van der Waals surface area contributed by atoms with Crippen LogP contribution in [0.15, 0.2) is 0 Å². The SMILES string of the molecule is CC(=O)OCC(=O)[C@@]1(O)CC[C@H]2[C@@H]3CC[C@H]4C[C@H](O[Si](C)(C)C(C)(C)C)CC[C@]4(C)[C@H]3[C@H](O)C[C@@]21C. The molecule has 0 aromatic heterocycles. The number of ketones is 1. The zero-order valence-corrected chi connectivity index (χ0v) is 24.9. The average molecular weight is 523 g/mol. The van der Waals surface area contributed by atoms with Gasteiger partial charge in [0.2, 0.25) is 5.78 Å². The van der Waals surface area contributed by atoms with Gasteiger partial charge in [-0.2, -0.15) is 0 Å². The third-order valence-electron chi connectivity index (χ3n) is 11.8. The van der Waals surface area contributed by atoms with E-state index in [0.717, 1.165) is 38.5 Å². The van der Waals surface area contributed by atoms with Crippen LogP contribution in [0.3, 0.4) is 0 Å². The maximum atomic E-state index is 13.1. The van der Waals surface area contributed by atoms with Gasteiger partial charge in [-0.15, -0.1) is 0 Å². The van der Waals surface area contributed by atoms with Crippen molar-refractivity contribution in [1.82, 2.24) is 0 Å². The topological polar surface area (TPSA) is 93.1 Å². The van der Waals surface area contributed by atoms with Crippen molar-refractivity contribution in [2.45, 2.75) is 129 Å². The van der Waals surface area contributed by atoms with Crippen LogP contribution >= 0.6 is 0 Å². The first kappa shape index (κ1) is 28.3. The Bertz CT molecular complexity index is 881. The molecule has 4 rings (SSSR count). The van der Waals surface area contributed by atoms with Crippen molar-refractivity contribution in [3.05, 3.63) is 0 Å². The van der Waals surface area contributed by atoms with Gasteiger partial charge >= 0.3 is 5.97 Å². The summed E-state index contributed by atoms with van der Waals surface area (Å²) in [6.45, 7) is 16.8. The Morgan fingerprint density at radius 1 is 1.06 bits per heavy atom. The second kappa shape index (κ2) is 9.17. The number of carbonyl (C=O) groups is 2. The van der Waals surface area contributed by atoms with Crippen LogP contribution in [-0.2, 0) is 18.8 Å². The van der Waals surface area contributed by atoms with E-state index < -0.39 is 43.8 Å². The van der Waals surface area contributed by atoms with Crippen LogP contribution in [0.5, 0.6) is 0 Å². The number of fused-ring (bicyclic) bond motifs is 5. The van der Waals surface area contributed by atoms with Crippen molar-refractivity contribution in [3.8, 4) is 0 Å². The highest BCUT2D eigenvalue weighted by Crippen LogP contribution is 2.68. The van der Waals surface area contributed by atoms with Gasteiger partial charge in [0.05, 0.1) is 6.10 Å². The first-order valence-electron chi connectivity index (χ1n) is 14.2. The number of hydrogen-bond donors (Lipinski definition) is 2. The lowest BCUT2D eigenvalue weighted by molar-refractivity contribution is -0.203. The van der Waals surface area contributed by atoms with E-state index in [1.54, 1.807) is 0 Å². The molecular weight excluding hydrogens is 472 g/mol. The summed E-state index contributed by atoms with van der Waals surface area (Å²) in [5.41, 5.74) is -2.19. The van der Waals surface area contributed by atoms with Crippen LogP contribution in [-0.4, -0.2) is 54.7 Å². The van der Waals surface area contributed by atoms with E-state index in [-0.39, 0.29) is 22.3 Å². The lowest BCUT2D eigenvalue weighted by atomic mass is 9.43. The van der Waals surface area contributed by atoms with E-state index in [9.17, 15) is 19.8 Å². The lowest BCUT2D eigenvalue weighted by Gasteiger charge is -2.63. The third kappa shape index (κ3) is 4.34. The first-order chi connectivity index (χ1) is 16.5. The van der Waals surface area contributed by atoms with Gasteiger partial charge in [0.25, 0.3) is 0 Å². The van der Waals surface area contributed by atoms with Crippen LogP contribution in [0.25, 0.3) is 0 Å². The molecule has 7 heteroatoms. The highest BCUT2D eigenvalue weighted by molar-refractivity contribution is 6.74. The molecule has 4 fully saturated rings. The molecule has 0 amide bonds. The van der Waals surface area contributed by atoms with Crippen molar-refractivity contribution < 1.29 is 29.0 Å². The minimum Gasteiger partial charge on any atom is -0.458 e. The smallest absolute Gasteiger partial charge is 0.303 e. The van der Waals surface area contributed by atoms with Crippen LogP contribution in [0.2, 0.25) is 18.1 Å². The van der Waals surface area contributed by atoms with E-state index in [2.05, 4.69) is 40.8 Å². The predicted octanol–water partition coefficient (Wildman–Crippen LogP) is 5.25. The highest BCUT2D eigenvalue weighted by atomic mass is 28.4. The van der Waals surface area contributed by atoms with E-state index >= 15 is 0 Å². The third-order valence-corrected chi connectivity index (χ3v) is 16.4. The molecule has 2 N–H and O–H groups in total. The lowest BCUT2D eigenvalue weighted by Crippen LogP contribution is -2.63. The molecule has 9 atom stereocenters. The Balaban J connectivity index is 1.53. The van der Waals surface area contributed by atoms with Crippen LogP contribution in [0, 0.1) is 34.5 Å². The molecule has 0 aliphatic heterocycles. The summed E-state index contributed by atoms with van der Waals surface area (Å²) in [7, 11) is -1.83. The molecule has 0 saturated heterocycles. The molecule has 0 unspecified atom stereocenters. The van der Waals surface area contributed by atoms with Gasteiger partial charge in [0.15, 0.2) is 14.9 Å². The highest BCUT2D eigenvalue weighted by Gasteiger charge is 2.69. The number of ether oxygens (including phenoxy) is 1. The molecule has 4 aliphatic rings. The fourth-order valence-electron chi connectivity index (χ4n) is 8.79. The molecule has 0 radical (unpaired) electrons. The predicted molar refractivity (Wildman–Crippen MR) is 142 cm³/mol. The summed E-state index contributed by atoms with van der Waals surface area (Å²) in [5, 5.41) is 23.6. The molecule has 0 aromatic rings. The maximum Gasteiger partial charge on any atom is 0.303 e. The number of rotatable bonds is 5. The van der Waals surface area contributed by atoms with Gasteiger partial charge < -0.3 is 19.4 Å². The Morgan fingerprint density at radius 2 is 1.72 bits per heavy atom. The molecule has 4 aliphatic carbocycles. The van der Waals surface area contributed by atoms with Gasteiger partial charge in [0, 0.05) is 18.4 Å². The molecule has 0 aromatic carbocycles. The number of esters is 1. The van der Waals surface area contributed by atoms with E-state index in [1.165, 1.54) is 6.92 Å². The molecule has 6 nitrogen and oxygen atoms in total. The molecule has 36 heavy (non-hydrogen) atoms. The van der Waals surface area contributed by atoms with Crippen molar-refractivity contribution in [3.63, 3.8) is 0 Å². The second-order valence-corrected chi connectivity index (χ2v) is 19.4. The van der Waals surface area contributed by atoms with E-state index in [1.807, 2.05) is 6.92 Å². The molecular formula is C29H50O6Si. The van der Waals surface area contributed by atoms with Crippen LogP contribution < -0.4 is 0 Å².